The van der Waals surface area contributed by atoms with Gasteiger partial charge in [-0.2, -0.15) is 3.89 Å². The van der Waals surface area contributed by atoms with Gasteiger partial charge in [0, 0.05) is 58.1 Å². The quantitative estimate of drug-likeness (QED) is 0.105. The van der Waals surface area contributed by atoms with Crippen molar-refractivity contribution >= 4 is 29.4 Å². The summed E-state index contributed by atoms with van der Waals surface area (Å²) in [5.74, 6) is 2.87. The van der Waals surface area contributed by atoms with Gasteiger partial charge in [-0.3, -0.25) is 9.69 Å². The number of amides is 2. The molecule has 2 fully saturated rings. The summed E-state index contributed by atoms with van der Waals surface area (Å²) in [5, 5.41) is 0. The van der Waals surface area contributed by atoms with E-state index in [1.54, 1.807) is 33.3 Å². The number of fused-ring (bicyclic) bond motifs is 1. The highest BCUT2D eigenvalue weighted by Gasteiger charge is 2.55. The molecule has 1 aliphatic carbocycles. The summed E-state index contributed by atoms with van der Waals surface area (Å²) in [6, 6.07) is 20.6. The van der Waals surface area contributed by atoms with Gasteiger partial charge in [0.2, 0.25) is 11.7 Å². The van der Waals surface area contributed by atoms with Crippen LogP contribution in [0.2, 0.25) is 0 Å². The number of para-hydroxylation sites is 2. The Morgan fingerprint density at radius 1 is 0.860 bits per heavy atom. The highest BCUT2D eigenvalue weighted by molar-refractivity contribution is 7.99. The first-order valence-electron chi connectivity index (χ1n) is 18.1. The highest BCUT2D eigenvalue weighted by atomic mass is 32.2. The number of rotatable bonds is 13. The summed E-state index contributed by atoms with van der Waals surface area (Å²) >= 11 is 1.69. The standard InChI is InChI=1S/C40H52N3O6S/c1-29-32-15-8-11-18-37(32)50-43(40(29)45,31-13-6-5-7-14-31)33-16-9-10-17-34(33)49-26-12-19-38(44)42-24-22-41(23-25-42)21-20-30-27-35(46-2)39(48-4)36(28-30)47-3/h8-11,15-18,27-29,31H,5-7,12-14,19-26H2,1-4H3/q+1. The van der Waals surface area contributed by atoms with Crippen molar-refractivity contribution in [2.75, 3.05) is 60.7 Å². The second-order valence-corrected chi connectivity index (χ2v) is 14.8. The van der Waals surface area contributed by atoms with Gasteiger partial charge in [0.05, 0.1) is 38.7 Å². The first kappa shape index (κ1) is 36.1. The second-order valence-electron chi connectivity index (χ2n) is 13.6. The van der Waals surface area contributed by atoms with Gasteiger partial charge in [-0.05, 0) is 68.0 Å². The predicted octanol–water partition coefficient (Wildman–Crippen LogP) is 7.25. The Labute approximate surface area is 301 Å². The van der Waals surface area contributed by atoms with E-state index in [0.717, 1.165) is 87.4 Å². The third kappa shape index (κ3) is 7.48. The number of ether oxygens (including phenoxy) is 4. The monoisotopic (exact) mass is 702 g/mol. The van der Waals surface area contributed by atoms with Crippen LogP contribution < -0.4 is 22.8 Å². The molecule has 0 bridgehead atoms. The fourth-order valence-electron chi connectivity index (χ4n) is 7.81. The van der Waals surface area contributed by atoms with Gasteiger partial charge >= 0.3 is 5.91 Å². The average molecular weight is 703 g/mol. The molecule has 9 nitrogen and oxygen atoms in total. The van der Waals surface area contributed by atoms with Crippen LogP contribution >= 0.6 is 11.9 Å². The molecular formula is C40H52N3O6S+. The maximum absolute atomic E-state index is 14.5. The van der Waals surface area contributed by atoms with E-state index < -0.39 is 0 Å². The van der Waals surface area contributed by atoms with Gasteiger partial charge in [0.15, 0.2) is 22.9 Å². The number of nitrogens with zero attached hydrogens (tertiary/aromatic N) is 3. The van der Waals surface area contributed by atoms with Crippen molar-refractivity contribution in [1.82, 2.24) is 13.7 Å². The van der Waals surface area contributed by atoms with Crippen molar-refractivity contribution in [1.29, 1.82) is 0 Å². The SMILES string of the molecule is COc1cc(CCN2CCN(C(=O)CCCOc3ccccc3[N+]3(C4CCCCC4)Sc4ccccc4C(C)C3=O)CC2)cc(OC)c1OC. The average Bonchev–Trinajstić information content (AvgIpc) is 3.17. The van der Waals surface area contributed by atoms with Crippen molar-refractivity contribution in [3.8, 4) is 23.0 Å². The zero-order chi connectivity index (χ0) is 35.1. The van der Waals surface area contributed by atoms with Crippen LogP contribution in [-0.4, -0.2) is 88.3 Å². The molecule has 3 aromatic rings. The number of benzene rings is 3. The lowest BCUT2D eigenvalue weighted by molar-refractivity contribution is -0.133. The highest BCUT2D eigenvalue weighted by Crippen LogP contribution is 2.54. The van der Waals surface area contributed by atoms with Crippen molar-refractivity contribution in [2.45, 2.75) is 75.1 Å². The first-order valence-corrected chi connectivity index (χ1v) is 18.9. The van der Waals surface area contributed by atoms with E-state index in [1.807, 2.05) is 41.3 Å². The Kier molecular flexibility index (Phi) is 11.9. The van der Waals surface area contributed by atoms with Gasteiger partial charge in [-0.25, -0.2) is 4.79 Å². The number of carbonyl (C=O) groups is 2. The zero-order valence-electron chi connectivity index (χ0n) is 30.0. The molecule has 2 atom stereocenters. The topological polar surface area (TPSA) is 77.5 Å². The van der Waals surface area contributed by atoms with Gasteiger partial charge < -0.3 is 23.8 Å². The predicted molar refractivity (Wildman–Crippen MR) is 198 cm³/mol. The Morgan fingerprint density at radius 3 is 2.24 bits per heavy atom. The molecule has 10 heteroatoms. The van der Waals surface area contributed by atoms with E-state index in [1.165, 1.54) is 11.3 Å². The summed E-state index contributed by atoms with van der Waals surface area (Å²) in [7, 11) is 4.87. The van der Waals surface area contributed by atoms with Crippen molar-refractivity contribution in [3.63, 3.8) is 0 Å². The molecule has 0 N–H and O–H groups in total. The van der Waals surface area contributed by atoms with Gasteiger partial charge in [-0.1, -0.05) is 36.8 Å². The molecule has 268 valence electrons. The van der Waals surface area contributed by atoms with E-state index in [-0.39, 0.29) is 27.7 Å². The third-order valence-corrected chi connectivity index (χ3v) is 12.1. The molecule has 50 heavy (non-hydrogen) atoms. The third-order valence-electron chi connectivity index (χ3n) is 10.6. The Morgan fingerprint density at radius 2 is 1.54 bits per heavy atom. The van der Waals surface area contributed by atoms with Crippen LogP contribution in [0, 0.1) is 0 Å². The minimum atomic E-state index is -0.199. The number of piperazine rings is 1. The molecule has 1 saturated heterocycles. The maximum atomic E-state index is 14.5. The van der Waals surface area contributed by atoms with Gasteiger partial charge in [0.1, 0.15) is 18.0 Å². The lowest BCUT2D eigenvalue weighted by Gasteiger charge is -2.45. The summed E-state index contributed by atoms with van der Waals surface area (Å²) in [4.78, 5) is 33.3. The van der Waals surface area contributed by atoms with Crippen LogP contribution in [0.15, 0.2) is 65.6 Å². The molecule has 3 aromatic carbocycles. The fourth-order valence-corrected chi connectivity index (χ4v) is 9.47. The lowest BCUT2D eigenvalue weighted by Crippen LogP contribution is -2.59. The van der Waals surface area contributed by atoms with E-state index in [2.05, 4.69) is 36.1 Å². The van der Waals surface area contributed by atoms with Crippen LogP contribution in [0.25, 0.3) is 0 Å². The van der Waals surface area contributed by atoms with Crippen molar-refractivity contribution in [2.24, 2.45) is 0 Å². The van der Waals surface area contributed by atoms with Crippen LogP contribution in [0.5, 0.6) is 23.0 Å². The number of hydrogen-bond donors (Lipinski definition) is 0. The molecule has 6 rings (SSSR count). The maximum Gasteiger partial charge on any atom is 0.338 e. The summed E-state index contributed by atoms with van der Waals surface area (Å²) in [6.45, 7) is 6.49. The summed E-state index contributed by atoms with van der Waals surface area (Å²) < 4.78 is 23.2. The smallest absolute Gasteiger partial charge is 0.338 e. The molecule has 2 unspecified atom stereocenters. The Hall–Kier alpha value is -3.73. The molecule has 1 saturated carbocycles. The molecule has 2 amide bonds. The Bertz CT molecular complexity index is 1610. The number of hydrogen-bond acceptors (Lipinski definition) is 8. The largest absolute Gasteiger partial charge is 0.493 e. The number of quaternary nitrogens is 1. The molecular weight excluding hydrogens is 651 g/mol. The minimum absolute atomic E-state index is 0.170. The van der Waals surface area contributed by atoms with Crippen LogP contribution in [0.3, 0.4) is 0 Å². The fraction of sp³-hybridized carbons (Fsp3) is 0.500. The van der Waals surface area contributed by atoms with Crippen molar-refractivity contribution < 1.29 is 28.5 Å². The summed E-state index contributed by atoms with van der Waals surface area (Å²) in [6.07, 6.45) is 7.45. The van der Waals surface area contributed by atoms with Crippen LogP contribution in [0.4, 0.5) is 5.69 Å². The minimum Gasteiger partial charge on any atom is -0.493 e. The Balaban J connectivity index is 1.04. The molecule has 0 aromatic heterocycles. The summed E-state index contributed by atoms with van der Waals surface area (Å²) in [5.41, 5.74) is 3.17. The van der Waals surface area contributed by atoms with E-state index in [9.17, 15) is 9.59 Å². The molecule has 2 heterocycles. The molecule has 0 radical (unpaired) electrons. The van der Waals surface area contributed by atoms with Crippen LogP contribution in [-0.2, 0) is 16.0 Å². The molecule has 3 aliphatic rings. The second kappa shape index (κ2) is 16.5. The van der Waals surface area contributed by atoms with E-state index >= 15 is 0 Å². The van der Waals surface area contributed by atoms with Crippen molar-refractivity contribution in [3.05, 3.63) is 71.8 Å². The molecule has 2 aliphatic heterocycles. The van der Waals surface area contributed by atoms with Crippen LogP contribution in [0.1, 0.15) is 68.9 Å². The number of carbonyl (C=O) groups excluding carboxylic acids is 2. The molecule has 0 spiro atoms. The number of methoxy groups -OCH3 is 3. The van der Waals surface area contributed by atoms with Gasteiger partial charge in [-0.15, -0.1) is 0 Å². The normalized spacial score (nSPS) is 21.4. The van der Waals surface area contributed by atoms with E-state index in [4.69, 9.17) is 18.9 Å². The van der Waals surface area contributed by atoms with Gasteiger partial charge in [0.25, 0.3) is 0 Å². The zero-order valence-corrected chi connectivity index (χ0v) is 30.8. The first-order chi connectivity index (χ1) is 24.4. The lowest BCUT2D eigenvalue weighted by atomic mass is 9.91. The van der Waals surface area contributed by atoms with E-state index in [0.29, 0.717) is 36.7 Å².